The van der Waals surface area contributed by atoms with Crippen molar-refractivity contribution in [1.82, 2.24) is 9.97 Å². The Hall–Kier alpha value is -3.27. The van der Waals surface area contributed by atoms with Gasteiger partial charge in [-0.2, -0.15) is 8.78 Å². The van der Waals surface area contributed by atoms with E-state index in [0.29, 0.717) is 11.3 Å². The number of halogens is 2. The van der Waals surface area contributed by atoms with Crippen LogP contribution in [0.4, 0.5) is 13.9 Å². The van der Waals surface area contributed by atoms with E-state index in [9.17, 15) is 18.4 Å². The van der Waals surface area contributed by atoms with Crippen LogP contribution in [0.25, 0.3) is 11.3 Å². The first-order valence-corrected chi connectivity index (χ1v) is 8.11. The molecule has 1 aromatic carbocycles. The van der Waals surface area contributed by atoms with Gasteiger partial charge in [-0.25, -0.2) is 4.98 Å². The summed E-state index contributed by atoms with van der Waals surface area (Å²) in [7, 11) is 0. The van der Waals surface area contributed by atoms with Crippen LogP contribution in [0.1, 0.15) is 20.8 Å². The van der Waals surface area contributed by atoms with Crippen molar-refractivity contribution in [3.05, 3.63) is 53.2 Å². The quantitative estimate of drug-likeness (QED) is 0.612. The van der Waals surface area contributed by atoms with E-state index >= 15 is 0 Å². The van der Waals surface area contributed by atoms with Crippen molar-refractivity contribution in [2.45, 2.75) is 6.61 Å². The zero-order valence-corrected chi connectivity index (χ0v) is 13.8. The molecule has 0 bridgehead atoms. The maximum Gasteiger partial charge on any atom is 0.387 e. The number of amides is 2. The summed E-state index contributed by atoms with van der Waals surface area (Å²) >= 11 is 1.14. The molecular weight excluding hydrogens is 366 g/mol. The average Bonchev–Trinajstić information content (AvgIpc) is 3.23. The number of carbonyl (C=O) groups is 2. The summed E-state index contributed by atoms with van der Waals surface area (Å²) < 4.78 is 29.2. The van der Waals surface area contributed by atoms with Crippen LogP contribution in [0.2, 0.25) is 0 Å². The number of para-hydroxylation sites is 1. The number of ether oxygens (including phenoxy) is 1. The van der Waals surface area contributed by atoms with E-state index in [2.05, 4.69) is 20.0 Å². The zero-order chi connectivity index (χ0) is 18.7. The molecule has 0 fully saturated rings. The van der Waals surface area contributed by atoms with Crippen LogP contribution in [0.5, 0.6) is 5.75 Å². The minimum Gasteiger partial charge on any atom is -0.434 e. The number of aromatic nitrogens is 2. The number of carbonyl (C=O) groups excluding carboxylic acids is 2. The minimum absolute atomic E-state index is 0.0396. The normalized spacial score (nSPS) is 10.7. The van der Waals surface area contributed by atoms with Gasteiger partial charge in [0.25, 0.3) is 11.8 Å². The molecule has 10 heteroatoms. The number of nitrogens with zero attached hydrogens (tertiary/aromatic N) is 1. The molecule has 0 aliphatic carbocycles. The Kier molecular flexibility index (Phi) is 4.94. The second-order valence-corrected chi connectivity index (χ2v) is 5.89. The fourth-order valence-electron chi connectivity index (χ4n) is 2.17. The molecule has 0 aliphatic heterocycles. The second kappa shape index (κ2) is 7.31. The average molecular weight is 378 g/mol. The van der Waals surface area contributed by atoms with E-state index in [1.807, 2.05) is 0 Å². The summed E-state index contributed by atoms with van der Waals surface area (Å²) in [5, 5.41) is 4.47. The number of hydrogen-bond acceptors (Lipinski definition) is 5. The Morgan fingerprint density at radius 3 is 2.77 bits per heavy atom. The molecule has 4 N–H and O–H groups in total. The van der Waals surface area contributed by atoms with E-state index in [4.69, 9.17) is 5.73 Å². The number of nitrogens with two attached hydrogens (primary N) is 1. The van der Waals surface area contributed by atoms with Crippen molar-refractivity contribution >= 4 is 28.3 Å². The van der Waals surface area contributed by atoms with Gasteiger partial charge in [-0.05, 0) is 18.2 Å². The third-order valence-electron chi connectivity index (χ3n) is 3.32. The number of primary amides is 1. The highest BCUT2D eigenvalue weighted by Gasteiger charge is 2.17. The highest BCUT2D eigenvalue weighted by molar-refractivity contribution is 7.14. The van der Waals surface area contributed by atoms with Crippen LogP contribution >= 0.6 is 11.3 Å². The van der Waals surface area contributed by atoms with Crippen LogP contribution in [-0.4, -0.2) is 28.4 Å². The van der Waals surface area contributed by atoms with Gasteiger partial charge in [-0.1, -0.05) is 12.1 Å². The third-order valence-corrected chi connectivity index (χ3v) is 4.07. The maximum absolute atomic E-state index is 12.4. The van der Waals surface area contributed by atoms with Crippen molar-refractivity contribution in [2.24, 2.45) is 5.73 Å². The second-order valence-electron chi connectivity index (χ2n) is 5.03. The van der Waals surface area contributed by atoms with Gasteiger partial charge in [-0.3, -0.25) is 14.9 Å². The number of hydrogen-bond donors (Lipinski definition) is 3. The number of benzene rings is 1. The SMILES string of the molecule is NC(=O)c1cc(-c2csc(NC(=O)c3ccccc3OC(F)F)n2)c[nH]1. The predicted octanol–water partition coefficient (Wildman–Crippen LogP) is 3.09. The van der Waals surface area contributed by atoms with Crippen LogP contribution in [-0.2, 0) is 0 Å². The molecule has 26 heavy (non-hydrogen) atoms. The fraction of sp³-hybridized carbons (Fsp3) is 0.0625. The zero-order valence-electron chi connectivity index (χ0n) is 13.0. The number of nitrogens with one attached hydrogen (secondary N) is 2. The number of alkyl halides is 2. The summed E-state index contributed by atoms with van der Waals surface area (Å²) in [5.41, 5.74) is 6.51. The number of anilines is 1. The number of thiazole rings is 1. The lowest BCUT2D eigenvalue weighted by molar-refractivity contribution is -0.0501. The Morgan fingerprint density at radius 2 is 2.08 bits per heavy atom. The summed E-state index contributed by atoms with van der Waals surface area (Å²) in [6, 6.07) is 7.20. The maximum atomic E-state index is 12.4. The summed E-state index contributed by atoms with van der Waals surface area (Å²) in [6.07, 6.45) is 1.56. The van der Waals surface area contributed by atoms with Gasteiger partial charge in [0.2, 0.25) is 0 Å². The van der Waals surface area contributed by atoms with Crippen molar-refractivity contribution in [1.29, 1.82) is 0 Å². The van der Waals surface area contributed by atoms with Crippen LogP contribution in [0, 0.1) is 0 Å². The predicted molar refractivity (Wildman–Crippen MR) is 91.4 cm³/mol. The van der Waals surface area contributed by atoms with Gasteiger partial charge in [0.05, 0.1) is 11.3 Å². The molecule has 0 unspecified atom stereocenters. The highest BCUT2D eigenvalue weighted by atomic mass is 32.1. The molecule has 2 aromatic heterocycles. The first-order valence-electron chi connectivity index (χ1n) is 7.23. The van der Waals surface area contributed by atoms with Gasteiger partial charge in [-0.15, -0.1) is 11.3 Å². The van der Waals surface area contributed by atoms with E-state index in [1.165, 1.54) is 30.3 Å². The monoisotopic (exact) mass is 378 g/mol. The largest absolute Gasteiger partial charge is 0.434 e. The third kappa shape index (κ3) is 3.86. The Bertz CT molecular complexity index is 954. The molecule has 3 aromatic rings. The van der Waals surface area contributed by atoms with Gasteiger partial charge in [0, 0.05) is 17.1 Å². The van der Waals surface area contributed by atoms with Gasteiger partial charge >= 0.3 is 6.61 Å². The van der Waals surface area contributed by atoms with Crippen molar-refractivity contribution < 1.29 is 23.1 Å². The van der Waals surface area contributed by atoms with E-state index < -0.39 is 18.4 Å². The molecule has 0 saturated heterocycles. The molecule has 0 spiro atoms. The number of H-pyrrole nitrogens is 1. The summed E-state index contributed by atoms with van der Waals surface area (Å²) in [4.78, 5) is 30.4. The Morgan fingerprint density at radius 1 is 1.31 bits per heavy atom. The standard InChI is InChI=1S/C16H12F2N4O3S/c17-15(18)25-12-4-2-1-3-9(12)14(24)22-16-21-11(7-26-16)8-5-10(13(19)23)20-6-8/h1-7,15,20H,(H2,19,23)(H,21,22,24). The topological polar surface area (TPSA) is 110 Å². The Balaban J connectivity index is 1.77. The van der Waals surface area contributed by atoms with E-state index in [1.54, 1.807) is 11.6 Å². The molecule has 0 saturated carbocycles. The van der Waals surface area contributed by atoms with Crippen molar-refractivity contribution in [3.8, 4) is 17.0 Å². The first kappa shape index (κ1) is 17.5. The summed E-state index contributed by atoms with van der Waals surface area (Å²) in [6.45, 7) is -3.04. The fourth-order valence-corrected chi connectivity index (χ4v) is 2.88. The number of aromatic amines is 1. The van der Waals surface area contributed by atoms with Crippen molar-refractivity contribution in [2.75, 3.05) is 5.32 Å². The first-order chi connectivity index (χ1) is 12.4. The van der Waals surface area contributed by atoms with Gasteiger partial charge in [0.1, 0.15) is 11.4 Å². The molecule has 134 valence electrons. The van der Waals surface area contributed by atoms with Crippen LogP contribution < -0.4 is 15.8 Å². The lowest BCUT2D eigenvalue weighted by Crippen LogP contribution is -2.14. The molecule has 3 rings (SSSR count). The van der Waals surface area contributed by atoms with E-state index in [0.717, 1.165) is 11.3 Å². The smallest absolute Gasteiger partial charge is 0.387 e. The highest BCUT2D eigenvalue weighted by Crippen LogP contribution is 2.27. The lowest BCUT2D eigenvalue weighted by atomic mass is 10.2. The molecule has 2 heterocycles. The van der Waals surface area contributed by atoms with Gasteiger partial charge < -0.3 is 15.5 Å². The summed E-state index contributed by atoms with van der Waals surface area (Å²) in [5.74, 6) is -1.46. The molecule has 0 atom stereocenters. The Labute approximate surface area is 149 Å². The minimum atomic E-state index is -3.04. The van der Waals surface area contributed by atoms with Crippen molar-refractivity contribution in [3.63, 3.8) is 0 Å². The molecule has 2 amide bonds. The molecule has 0 radical (unpaired) electrons. The van der Waals surface area contributed by atoms with Crippen LogP contribution in [0.3, 0.4) is 0 Å². The molecule has 7 nitrogen and oxygen atoms in total. The van der Waals surface area contributed by atoms with Crippen LogP contribution in [0.15, 0.2) is 41.9 Å². The molecular formula is C16H12F2N4O3S. The number of rotatable bonds is 6. The lowest BCUT2D eigenvalue weighted by Gasteiger charge is -2.09. The van der Waals surface area contributed by atoms with Gasteiger partial charge in [0.15, 0.2) is 5.13 Å². The van der Waals surface area contributed by atoms with E-state index in [-0.39, 0.29) is 22.1 Å². The molecule has 0 aliphatic rings.